The number of nitrogens with one attached hydrogen (secondary N) is 1. The summed E-state index contributed by atoms with van der Waals surface area (Å²) >= 11 is 1.32. The molecule has 0 saturated carbocycles. The molecule has 2 aliphatic heterocycles. The molecule has 4 heterocycles. The van der Waals surface area contributed by atoms with Gasteiger partial charge in [0.2, 0.25) is 0 Å². The van der Waals surface area contributed by atoms with Crippen molar-refractivity contribution in [3.05, 3.63) is 34.4 Å². The van der Waals surface area contributed by atoms with E-state index in [9.17, 15) is 17.6 Å². The third kappa shape index (κ3) is 1.77. The number of rotatable bonds is 0. The van der Waals surface area contributed by atoms with Crippen molar-refractivity contribution in [3.63, 3.8) is 0 Å². The molecule has 1 N–H and O–H groups in total. The summed E-state index contributed by atoms with van der Waals surface area (Å²) < 4.78 is 38.6. The molecule has 0 spiro atoms. The molecule has 3 aromatic rings. The molecule has 2 aromatic heterocycles. The van der Waals surface area contributed by atoms with Crippen molar-refractivity contribution in [2.45, 2.75) is 16.4 Å². The van der Waals surface area contributed by atoms with Crippen LogP contribution in [0.4, 0.5) is 4.39 Å². The molecule has 23 heavy (non-hydrogen) atoms. The summed E-state index contributed by atoms with van der Waals surface area (Å²) in [7, 11) is -3.12. The van der Waals surface area contributed by atoms with Gasteiger partial charge in [0.05, 0.1) is 17.5 Å². The Bertz CT molecular complexity index is 1170. The number of hydrogen-bond acceptors (Lipinski definition) is 5. The fourth-order valence-corrected chi connectivity index (χ4v) is 7.34. The quantitative estimate of drug-likeness (QED) is 0.620. The third-order valence-corrected chi connectivity index (χ3v) is 7.65. The number of aromatic nitrogens is 3. The normalized spacial score (nSPS) is 25.1. The summed E-state index contributed by atoms with van der Waals surface area (Å²) in [6.07, 6.45) is 0. The smallest absolute Gasteiger partial charge is 0.278 e. The maximum Gasteiger partial charge on any atom is 0.278 e. The lowest BCUT2D eigenvalue weighted by atomic mass is 10.2. The first-order valence-electron chi connectivity index (χ1n) is 7.03. The second kappa shape index (κ2) is 4.15. The van der Waals surface area contributed by atoms with Gasteiger partial charge < -0.3 is 4.98 Å². The van der Waals surface area contributed by atoms with Crippen LogP contribution >= 0.6 is 11.8 Å². The first kappa shape index (κ1) is 13.6. The van der Waals surface area contributed by atoms with Crippen LogP contribution in [0.25, 0.3) is 21.9 Å². The zero-order valence-corrected chi connectivity index (χ0v) is 13.2. The van der Waals surface area contributed by atoms with Gasteiger partial charge >= 0.3 is 0 Å². The number of benzene rings is 1. The summed E-state index contributed by atoms with van der Waals surface area (Å²) in [6.45, 7) is 0. The topological polar surface area (TPSA) is 84.8 Å². The van der Waals surface area contributed by atoms with Crippen LogP contribution in [-0.4, -0.2) is 39.7 Å². The van der Waals surface area contributed by atoms with Gasteiger partial charge in [-0.3, -0.25) is 9.36 Å². The van der Waals surface area contributed by atoms with Crippen LogP contribution in [-0.2, 0) is 9.84 Å². The Balaban J connectivity index is 1.84. The number of nitrogens with zero attached hydrogens (tertiary/aromatic N) is 2. The van der Waals surface area contributed by atoms with Crippen molar-refractivity contribution in [3.8, 4) is 0 Å². The zero-order chi connectivity index (χ0) is 15.9. The van der Waals surface area contributed by atoms with E-state index in [1.807, 2.05) is 0 Å². The average Bonchev–Trinajstić information content (AvgIpc) is 3.07. The number of aromatic amines is 1. The van der Waals surface area contributed by atoms with Crippen LogP contribution < -0.4 is 5.56 Å². The number of sulfone groups is 1. The van der Waals surface area contributed by atoms with Gasteiger partial charge in [0.15, 0.2) is 15.0 Å². The summed E-state index contributed by atoms with van der Waals surface area (Å²) in [6, 6.07) is 3.87. The molecule has 0 aliphatic carbocycles. The number of fused-ring (bicyclic) bond motifs is 6. The Kier molecular flexibility index (Phi) is 2.45. The van der Waals surface area contributed by atoms with Crippen molar-refractivity contribution in [2.24, 2.45) is 0 Å². The van der Waals surface area contributed by atoms with Crippen molar-refractivity contribution < 1.29 is 12.8 Å². The monoisotopic (exact) mass is 351 g/mol. The SMILES string of the molecule is O=c1c2[nH]c3ccc(F)cc3c2nc2n1[C@@H]1CS(=O)(=O)C[C@@H]1S2. The van der Waals surface area contributed by atoms with Crippen molar-refractivity contribution in [1.29, 1.82) is 0 Å². The Labute approximate surface area is 133 Å². The van der Waals surface area contributed by atoms with Crippen LogP contribution in [0.5, 0.6) is 0 Å². The van der Waals surface area contributed by atoms with E-state index in [1.54, 1.807) is 6.07 Å². The molecule has 5 rings (SSSR count). The maximum absolute atomic E-state index is 13.5. The lowest BCUT2D eigenvalue weighted by molar-refractivity contribution is 0.524. The fourth-order valence-electron chi connectivity index (χ4n) is 3.44. The van der Waals surface area contributed by atoms with Crippen molar-refractivity contribution in [2.75, 3.05) is 11.5 Å². The standard InChI is InChI=1S/C14H10FN3O3S2/c15-6-1-2-8-7(3-6)11-12(16-8)13(19)18-9-4-23(20,21)5-10(9)22-14(18)17-11/h1-3,9-10,16H,4-5H2/t9-,10+/m1/s1. The lowest BCUT2D eigenvalue weighted by Gasteiger charge is -2.09. The Hall–Kier alpha value is -1.87. The number of thioether (sulfide) groups is 1. The predicted octanol–water partition coefficient (Wildman–Crippen LogP) is 1.46. The van der Waals surface area contributed by atoms with Gasteiger partial charge in [-0.05, 0) is 18.2 Å². The highest BCUT2D eigenvalue weighted by Gasteiger charge is 2.46. The highest BCUT2D eigenvalue weighted by atomic mass is 32.2. The van der Waals surface area contributed by atoms with Crippen LogP contribution in [0.3, 0.4) is 0 Å². The molecule has 0 bridgehead atoms. The van der Waals surface area contributed by atoms with Crippen molar-refractivity contribution >= 4 is 43.5 Å². The largest absolute Gasteiger partial charge is 0.349 e. The van der Waals surface area contributed by atoms with Gasteiger partial charge in [0.1, 0.15) is 16.9 Å². The highest BCUT2D eigenvalue weighted by molar-refractivity contribution is 8.02. The highest BCUT2D eigenvalue weighted by Crippen LogP contribution is 2.44. The molecule has 0 unspecified atom stereocenters. The predicted molar refractivity (Wildman–Crippen MR) is 85.2 cm³/mol. The lowest BCUT2D eigenvalue weighted by Crippen LogP contribution is -2.27. The second-order valence-electron chi connectivity index (χ2n) is 5.91. The number of H-pyrrole nitrogens is 1. The summed E-state index contributed by atoms with van der Waals surface area (Å²) in [5.74, 6) is -0.356. The van der Waals surface area contributed by atoms with Gasteiger partial charge in [0, 0.05) is 16.2 Å². The van der Waals surface area contributed by atoms with Crippen LogP contribution in [0.15, 0.2) is 28.2 Å². The van der Waals surface area contributed by atoms with Gasteiger partial charge in [-0.2, -0.15) is 0 Å². The summed E-state index contributed by atoms with van der Waals surface area (Å²) in [4.78, 5) is 20.3. The average molecular weight is 351 g/mol. The van der Waals surface area contributed by atoms with E-state index in [0.717, 1.165) is 0 Å². The molecule has 1 saturated heterocycles. The molecular formula is C14H10FN3O3S2. The molecule has 9 heteroatoms. The first-order valence-corrected chi connectivity index (χ1v) is 9.74. The number of halogens is 1. The Morgan fingerprint density at radius 3 is 3.00 bits per heavy atom. The molecule has 2 atom stereocenters. The van der Waals surface area contributed by atoms with Crippen LogP contribution in [0.1, 0.15) is 6.04 Å². The molecule has 6 nitrogen and oxygen atoms in total. The van der Waals surface area contributed by atoms with E-state index < -0.39 is 15.7 Å². The van der Waals surface area contributed by atoms with Gasteiger partial charge in [0.25, 0.3) is 5.56 Å². The summed E-state index contributed by atoms with van der Waals surface area (Å²) in [5.41, 5.74) is 1.07. The third-order valence-electron chi connectivity index (χ3n) is 4.44. The van der Waals surface area contributed by atoms with E-state index >= 15 is 0 Å². The maximum atomic E-state index is 13.5. The zero-order valence-electron chi connectivity index (χ0n) is 11.6. The van der Waals surface area contributed by atoms with Crippen LogP contribution in [0.2, 0.25) is 0 Å². The molecule has 2 aliphatic rings. The Morgan fingerprint density at radius 1 is 1.35 bits per heavy atom. The van der Waals surface area contributed by atoms with Gasteiger partial charge in [-0.25, -0.2) is 17.8 Å². The molecule has 1 aromatic carbocycles. The molecule has 0 amide bonds. The van der Waals surface area contributed by atoms with E-state index in [0.29, 0.717) is 27.1 Å². The second-order valence-corrected chi connectivity index (χ2v) is 9.27. The Morgan fingerprint density at radius 2 is 2.17 bits per heavy atom. The van der Waals surface area contributed by atoms with Crippen molar-refractivity contribution in [1.82, 2.24) is 14.5 Å². The minimum Gasteiger partial charge on any atom is -0.349 e. The molecular weight excluding hydrogens is 341 g/mol. The van der Waals surface area contributed by atoms with E-state index in [2.05, 4.69) is 9.97 Å². The van der Waals surface area contributed by atoms with E-state index in [-0.39, 0.29) is 28.4 Å². The molecule has 1 fully saturated rings. The van der Waals surface area contributed by atoms with E-state index in [4.69, 9.17) is 0 Å². The minimum atomic E-state index is -3.12. The van der Waals surface area contributed by atoms with E-state index in [1.165, 1.54) is 28.5 Å². The first-order chi connectivity index (χ1) is 10.9. The fraction of sp³-hybridized carbons (Fsp3) is 0.286. The molecule has 0 radical (unpaired) electrons. The van der Waals surface area contributed by atoms with Gasteiger partial charge in [-0.15, -0.1) is 0 Å². The number of hydrogen-bond donors (Lipinski definition) is 1. The van der Waals surface area contributed by atoms with Crippen LogP contribution in [0, 0.1) is 5.82 Å². The summed E-state index contributed by atoms with van der Waals surface area (Å²) in [5, 5.41) is 0.901. The molecule has 118 valence electrons. The minimum absolute atomic E-state index is 0.0282. The van der Waals surface area contributed by atoms with Gasteiger partial charge in [-0.1, -0.05) is 11.8 Å².